The molecule has 1 saturated heterocycles. The van der Waals surface area contributed by atoms with Gasteiger partial charge in [0.05, 0.1) is 17.2 Å². The molecule has 2 aromatic rings. The lowest BCUT2D eigenvalue weighted by atomic mass is 9.95. The lowest BCUT2D eigenvalue weighted by Crippen LogP contribution is -2.32. The Morgan fingerprint density at radius 3 is 2.55 bits per heavy atom. The highest BCUT2D eigenvalue weighted by Gasteiger charge is 2.46. The van der Waals surface area contributed by atoms with Gasteiger partial charge in [-0.25, -0.2) is 0 Å². The second-order valence-electron chi connectivity index (χ2n) is 7.09. The number of hydrogen-bond donors (Lipinski definition) is 2. The molecule has 1 fully saturated rings. The number of halogens is 1. The molecule has 1 aliphatic rings. The maximum absolute atomic E-state index is 12.9. The highest BCUT2D eigenvalue weighted by atomic mass is 79.9. The van der Waals surface area contributed by atoms with Gasteiger partial charge >= 0.3 is 0 Å². The molecule has 0 unspecified atom stereocenters. The van der Waals surface area contributed by atoms with Crippen LogP contribution in [0.3, 0.4) is 0 Å². The molecule has 1 amide bonds. The van der Waals surface area contributed by atoms with Crippen molar-refractivity contribution < 1.29 is 19.8 Å². The van der Waals surface area contributed by atoms with Crippen molar-refractivity contribution in [2.45, 2.75) is 12.5 Å². The molecule has 29 heavy (non-hydrogen) atoms. The zero-order valence-corrected chi connectivity index (χ0v) is 17.8. The van der Waals surface area contributed by atoms with Gasteiger partial charge in [0.15, 0.2) is 0 Å². The number of pyridine rings is 1. The molecule has 0 bridgehead atoms. The van der Waals surface area contributed by atoms with E-state index in [2.05, 4.69) is 20.9 Å². The summed E-state index contributed by atoms with van der Waals surface area (Å²) in [5, 5.41) is 21.2. The number of nitrogens with zero attached hydrogens (tertiary/aromatic N) is 3. The zero-order chi connectivity index (χ0) is 21.1. The third kappa shape index (κ3) is 4.33. The summed E-state index contributed by atoms with van der Waals surface area (Å²) in [5.41, 5.74) is 0.712. The van der Waals surface area contributed by atoms with Crippen LogP contribution in [0.25, 0.3) is 5.76 Å². The van der Waals surface area contributed by atoms with Crippen molar-refractivity contribution in [3.05, 3.63) is 63.9 Å². The predicted octanol–water partition coefficient (Wildman–Crippen LogP) is 2.92. The highest BCUT2D eigenvalue weighted by Crippen LogP contribution is 2.41. The van der Waals surface area contributed by atoms with Crippen molar-refractivity contribution in [1.82, 2.24) is 14.8 Å². The summed E-state index contributed by atoms with van der Waals surface area (Å²) in [6.45, 7) is 1.11. The van der Waals surface area contributed by atoms with Crippen molar-refractivity contribution in [1.29, 1.82) is 0 Å². The first-order chi connectivity index (χ1) is 13.8. The fraction of sp³-hybridized carbons (Fsp3) is 0.286. The molecule has 2 heterocycles. The number of likely N-dealkylation sites (tertiary alicyclic amines) is 1. The number of aromatic nitrogens is 1. The van der Waals surface area contributed by atoms with Gasteiger partial charge in [-0.2, -0.15) is 0 Å². The minimum atomic E-state index is -0.770. The minimum Gasteiger partial charge on any atom is -0.507 e. The lowest BCUT2D eigenvalue weighted by molar-refractivity contribution is -0.139. The van der Waals surface area contributed by atoms with Gasteiger partial charge in [-0.1, -0.05) is 15.9 Å². The van der Waals surface area contributed by atoms with Gasteiger partial charge in [0.1, 0.15) is 11.5 Å². The van der Waals surface area contributed by atoms with E-state index in [-0.39, 0.29) is 16.9 Å². The number of rotatable bonds is 6. The second kappa shape index (κ2) is 8.75. The van der Waals surface area contributed by atoms with E-state index < -0.39 is 23.5 Å². The second-order valence-corrected chi connectivity index (χ2v) is 8.01. The minimum absolute atomic E-state index is 0.0422. The number of aliphatic hydroxyl groups excluding tert-OH is 1. The van der Waals surface area contributed by atoms with Crippen LogP contribution in [0.4, 0.5) is 0 Å². The first kappa shape index (κ1) is 21.0. The maximum Gasteiger partial charge on any atom is 0.295 e. The molecule has 8 heteroatoms. The fourth-order valence-electron chi connectivity index (χ4n) is 3.40. The highest BCUT2D eigenvalue weighted by molar-refractivity contribution is 9.10. The Morgan fingerprint density at radius 1 is 1.21 bits per heavy atom. The molecule has 1 atom stereocenters. The molecule has 2 N–H and O–H groups in total. The number of aromatic hydroxyl groups is 1. The summed E-state index contributed by atoms with van der Waals surface area (Å²) in [6.07, 6.45) is 3.82. The molecule has 7 nitrogen and oxygen atoms in total. The Bertz CT molecular complexity index is 960. The molecule has 1 aliphatic heterocycles. The van der Waals surface area contributed by atoms with Gasteiger partial charge < -0.3 is 20.0 Å². The van der Waals surface area contributed by atoms with Crippen LogP contribution in [0.15, 0.2) is 52.8 Å². The van der Waals surface area contributed by atoms with Crippen LogP contribution in [0, 0.1) is 0 Å². The van der Waals surface area contributed by atoms with Crippen molar-refractivity contribution in [3.63, 3.8) is 0 Å². The Kier molecular flexibility index (Phi) is 6.34. The van der Waals surface area contributed by atoms with Gasteiger partial charge in [0, 0.05) is 23.4 Å². The topological polar surface area (TPSA) is 94.0 Å². The normalized spacial score (nSPS) is 18.6. The van der Waals surface area contributed by atoms with Crippen LogP contribution in [0.1, 0.15) is 23.6 Å². The van der Waals surface area contributed by atoms with E-state index in [1.807, 2.05) is 19.0 Å². The summed E-state index contributed by atoms with van der Waals surface area (Å²) < 4.78 is 0.623. The van der Waals surface area contributed by atoms with Crippen molar-refractivity contribution in [2.24, 2.45) is 0 Å². The van der Waals surface area contributed by atoms with Gasteiger partial charge in [-0.05, 0) is 63.0 Å². The number of amides is 1. The molecule has 0 spiro atoms. The van der Waals surface area contributed by atoms with E-state index in [0.29, 0.717) is 23.0 Å². The number of aliphatic hydroxyl groups is 1. The van der Waals surface area contributed by atoms with Gasteiger partial charge in [-0.3, -0.25) is 14.6 Å². The lowest BCUT2D eigenvalue weighted by Gasteiger charge is -2.25. The van der Waals surface area contributed by atoms with Gasteiger partial charge in [0.25, 0.3) is 11.7 Å². The van der Waals surface area contributed by atoms with E-state index in [9.17, 15) is 19.8 Å². The SMILES string of the molecule is CN(C)CCCN1C(=O)C(=O)C(=C(O)c2cc(Br)ccc2O)[C@@H]1c1ccncc1. The summed E-state index contributed by atoms with van der Waals surface area (Å²) in [7, 11) is 3.87. The average Bonchev–Trinajstić information content (AvgIpc) is 2.94. The number of carbonyl (C=O) groups excluding carboxylic acids is 2. The third-order valence-electron chi connectivity index (χ3n) is 4.78. The van der Waals surface area contributed by atoms with Gasteiger partial charge in [0.2, 0.25) is 0 Å². The summed E-state index contributed by atoms with van der Waals surface area (Å²) in [5.74, 6) is -2.02. The number of hydrogen-bond acceptors (Lipinski definition) is 6. The van der Waals surface area contributed by atoms with Gasteiger partial charge in [-0.15, -0.1) is 0 Å². The fourth-order valence-corrected chi connectivity index (χ4v) is 3.76. The predicted molar refractivity (Wildman–Crippen MR) is 112 cm³/mol. The molecular formula is C21H22BrN3O4. The van der Waals surface area contributed by atoms with E-state index in [0.717, 1.165) is 6.54 Å². The average molecular weight is 460 g/mol. The van der Waals surface area contributed by atoms with Crippen LogP contribution in [0.5, 0.6) is 5.75 Å². The Hall–Kier alpha value is -2.71. The van der Waals surface area contributed by atoms with Crippen LogP contribution in [0.2, 0.25) is 0 Å². The van der Waals surface area contributed by atoms with E-state index in [1.54, 1.807) is 30.6 Å². The molecule has 3 rings (SSSR count). The summed E-state index contributed by atoms with van der Waals surface area (Å²) >= 11 is 3.30. The third-order valence-corrected chi connectivity index (χ3v) is 5.27. The van der Waals surface area contributed by atoms with E-state index >= 15 is 0 Å². The van der Waals surface area contributed by atoms with Crippen LogP contribution < -0.4 is 0 Å². The number of benzene rings is 1. The van der Waals surface area contributed by atoms with E-state index in [4.69, 9.17) is 0 Å². The molecule has 152 valence electrons. The van der Waals surface area contributed by atoms with Crippen molar-refractivity contribution in [3.8, 4) is 5.75 Å². The smallest absolute Gasteiger partial charge is 0.295 e. The van der Waals surface area contributed by atoms with Crippen LogP contribution in [-0.2, 0) is 9.59 Å². The molecule has 1 aromatic heterocycles. The molecule has 0 aliphatic carbocycles. The molecule has 0 saturated carbocycles. The largest absolute Gasteiger partial charge is 0.507 e. The Balaban J connectivity index is 2.12. The maximum atomic E-state index is 12.9. The van der Waals surface area contributed by atoms with Crippen molar-refractivity contribution in [2.75, 3.05) is 27.2 Å². The number of carbonyl (C=O) groups is 2. The monoisotopic (exact) mass is 459 g/mol. The summed E-state index contributed by atoms with van der Waals surface area (Å²) in [4.78, 5) is 33.1. The quantitative estimate of drug-likeness (QED) is 0.391. The number of phenols is 1. The number of Topliss-reactive ketones (excluding diaryl/α,β-unsaturated/α-hetero) is 1. The standard InChI is InChI=1S/C21H22BrN3O4/c1-24(2)10-3-11-25-18(13-6-8-23-9-7-13)17(20(28)21(25)29)19(27)15-12-14(22)4-5-16(15)26/h4-9,12,18,26-27H,3,10-11H2,1-2H3/t18-/m0/s1. The number of phenolic OH excluding ortho intramolecular Hbond substituents is 1. The van der Waals surface area contributed by atoms with Crippen LogP contribution in [-0.4, -0.2) is 63.9 Å². The zero-order valence-electron chi connectivity index (χ0n) is 16.2. The van der Waals surface area contributed by atoms with Crippen molar-refractivity contribution >= 4 is 33.4 Å². The molecule has 1 aromatic carbocycles. The Morgan fingerprint density at radius 2 is 1.90 bits per heavy atom. The Labute approximate surface area is 177 Å². The summed E-state index contributed by atoms with van der Waals surface area (Å²) in [6, 6.07) is 7.21. The number of ketones is 1. The first-order valence-electron chi connectivity index (χ1n) is 9.13. The first-order valence-corrected chi connectivity index (χ1v) is 9.92. The van der Waals surface area contributed by atoms with Crippen LogP contribution >= 0.6 is 15.9 Å². The molecule has 0 radical (unpaired) electrons. The molecular weight excluding hydrogens is 438 g/mol. The van der Waals surface area contributed by atoms with E-state index in [1.165, 1.54) is 17.0 Å².